The molecule has 12 heavy (non-hydrogen) atoms. The Hall–Kier alpha value is -1.11. The van der Waals surface area contributed by atoms with E-state index < -0.39 is 0 Å². The maximum Gasteiger partial charge on any atom is 0.0435 e. The van der Waals surface area contributed by atoms with Crippen LogP contribution in [0.2, 0.25) is 0 Å². The van der Waals surface area contributed by atoms with Crippen molar-refractivity contribution in [1.29, 1.82) is 0 Å². The van der Waals surface area contributed by atoms with Crippen LogP contribution in [-0.4, -0.2) is 5.71 Å². The molecule has 0 radical (unpaired) electrons. The Morgan fingerprint density at radius 1 is 1.58 bits per heavy atom. The summed E-state index contributed by atoms with van der Waals surface area (Å²) in [5, 5.41) is 0. The molecule has 0 saturated heterocycles. The smallest absolute Gasteiger partial charge is 0.0435 e. The third-order valence-electron chi connectivity index (χ3n) is 1.88. The zero-order chi connectivity index (χ0) is 8.81. The minimum Gasteiger partial charge on any atom is -0.261 e. The van der Waals surface area contributed by atoms with Gasteiger partial charge in [0.2, 0.25) is 0 Å². The van der Waals surface area contributed by atoms with Crippen LogP contribution in [0.5, 0.6) is 0 Å². The first kappa shape index (κ1) is 8.98. The molecule has 64 valence electrons. The van der Waals surface area contributed by atoms with Gasteiger partial charge < -0.3 is 0 Å². The van der Waals surface area contributed by atoms with Gasteiger partial charge in [-0.05, 0) is 32.3 Å². The van der Waals surface area contributed by atoms with Gasteiger partial charge in [0, 0.05) is 11.9 Å². The Kier molecular flexibility index (Phi) is 3.52. The summed E-state index contributed by atoms with van der Waals surface area (Å²) in [5.41, 5.74) is 2.49. The lowest BCUT2D eigenvalue weighted by molar-refractivity contribution is 1.05. The van der Waals surface area contributed by atoms with Crippen LogP contribution in [0, 0.1) is 0 Å². The van der Waals surface area contributed by atoms with Gasteiger partial charge in [0.25, 0.3) is 0 Å². The summed E-state index contributed by atoms with van der Waals surface area (Å²) in [6.45, 7) is 4.13. The molecule has 0 unspecified atom stereocenters. The average molecular weight is 161 g/mol. The first-order chi connectivity index (χ1) is 5.84. The number of rotatable bonds is 2. The third kappa shape index (κ3) is 2.50. The number of nitrogens with zero attached hydrogens (tertiary/aromatic N) is 1. The van der Waals surface area contributed by atoms with Crippen LogP contribution < -0.4 is 0 Å². The predicted octanol–water partition coefficient (Wildman–Crippen LogP) is 3.26. The molecule has 0 spiro atoms. The first-order valence-corrected chi connectivity index (χ1v) is 4.36. The zero-order valence-electron chi connectivity index (χ0n) is 7.75. The van der Waals surface area contributed by atoms with E-state index in [0.717, 1.165) is 12.8 Å². The van der Waals surface area contributed by atoms with E-state index in [0.29, 0.717) is 0 Å². The Morgan fingerprint density at radius 2 is 2.42 bits per heavy atom. The predicted molar refractivity (Wildman–Crippen MR) is 54.4 cm³/mol. The number of allylic oxidation sites excluding steroid dienone is 5. The summed E-state index contributed by atoms with van der Waals surface area (Å²) >= 11 is 0. The highest BCUT2D eigenvalue weighted by molar-refractivity contribution is 6.00. The largest absolute Gasteiger partial charge is 0.261 e. The molecule has 0 aromatic heterocycles. The van der Waals surface area contributed by atoms with Crippen molar-refractivity contribution in [3.63, 3.8) is 0 Å². The van der Waals surface area contributed by atoms with Gasteiger partial charge in [-0.3, -0.25) is 4.99 Å². The molecule has 1 aliphatic rings. The van der Waals surface area contributed by atoms with Gasteiger partial charge in [-0.25, -0.2) is 0 Å². The van der Waals surface area contributed by atoms with Gasteiger partial charge in [0.15, 0.2) is 0 Å². The molecule has 1 aliphatic heterocycles. The Balaban J connectivity index is 2.68. The topological polar surface area (TPSA) is 12.4 Å². The van der Waals surface area contributed by atoms with E-state index in [1.54, 1.807) is 0 Å². The summed E-state index contributed by atoms with van der Waals surface area (Å²) in [4.78, 5) is 4.32. The number of aliphatic imine (C=N–C) groups is 1. The van der Waals surface area contributed by atoms with Crippen molar-refractivity contribution in [1.82, 2.24) is 0 Å². The van der Waals surface area contributed by atoms with Crippen molar-refractivity contribution in [3.05, 3.63) is 36.1 Å². The van der Waals surface area contributed by atoms with Gasteiger partial charge >= 0.3 is 0 Å². The van der Waals surface area contributed by atoms with Gasteiger partial charge in [0.1, 0.15) is 0 Å². The van der Waals surface area contributed by atoms with E-state index >= 15 is 0 Å². The van der Waals surface area contributed by atoms with Gasteiger partial charge in [-0.15, -0.1) is 0 Å². The van der Waals surface area contributed by atoms with Crippen LogP contribution in [0.1, 0.15) is 26.7 Å². The van der Waals surface area contributed by atoms with Crippen LogP contribution in [0.3, 0.4) is 0 Å². The summed E-state index contributed by atoms with van der Waals surface area (Å²) in [5.74, 6) is 0. The van der Waals surface area contributed by atoms with E-state index in [-0.39, 0.29) is 0 Å². The van der Waals surface area contributed by atoms with E-state index in [1.165, 1.54) is 11.3 Å². The molecule has 1 nitrogen and oxygen atoms in total. The molecule has 0 atom stereocenters. The molecule has 0 bridgehead atoms. The van der Waals surface area contributed by atoms with Crippen LogP contribution in [0.25, 0.3) is 0 Å². The van der Waals surface area contributed by atoms with Crippen molar-refractivity contribution in [2.45, 2.75) is 26.7 Å². The molecular weight excluding hydrogens is 146 g/mol. The fourth-order valence-electron chi connectivity index (χ4n) is 1.14. The monoisotopic (exact) mass is 161 g/mol. The molecule has 0 fully saturated rings. The molecule has 0 aromatic carbocycles. The van der Waals surface area contributed by atoms with Gasteiger partial charge in [-0.2, -0.15) is 0 Å². The minimum absolute atomic E-state index is 1.08. The fourth-order valence-corrected chi connectivity index (χ4v) is 1.14. The van der Waals surface area contributed by atoms with Crippen molar-refractivity contribution >= 4 is 5.71 Å². The molecule has 0 aliphatic carbocycles. The fraction of sp³-hybridized carbons (Fsp3) is 0.364. The summed E-state index contributed by atoms with van der Waals surface area (Å²) < 4.78 is 0. The SMILES string of the molecule is C/C=C\C=C(/C)C1=NC=CCC1. The van der Waals surface area contributed by atoms with Crippen LogP contribution >= 0.6 is 0 Å². The van der Waals surface area contributed by atoms with E-state index in [1.807, 2.05) is 19.2 Å². The third-order valence-corrected chi connectivity index (χ3v) is 1.88. The molecule has 0 amide bonds. The van der Waals surface area contributed by atoms with E-state index in [9.17, 15) is 0 Å². The minimum atomic E-state index is 1.08. The highest BCUT2D eigenvalue weighted by atomic mass is 14.7. The first-order valence-electron chi connectivity index (χ1n) is 4.36. The summed E-state index contributed by atoms with van der Waals surface area (Å²) in [7, 11) is 0. The second kappa shape index (κ2) is 4.70. The number of hydrogen-bond acceptors (Lipinski definition) is 1. The van der Waals surface area contributed by atoms with Crippen molar-refractivity contribution in [2.75, 3.05) is 0 Å². The van der Waals surface area contributed by atoms with Crippen LogP contribution in [-0.2, 0) is 0 Å². The maximum absolute atomic E-state index is 4.32. The standard InChI is InChI=1S/C11H15N/c1-3-4-7-10(2)11-8-5-6-9-12-11/h3-4,6-7,9H,5,8H2,1-2H3/b4-3-,10-7+. The van der Waals surface area contributed by atoms with Crippen molar-refractivity contribution in [3.8, 4) is 0 Å². The van der Waals surface area contributed by atoms with Gasteiger partial charge in [0.05, 0.1) is 0 Å². The van der Waals surface area contributed by atoms with Crippen molar-refractivity contribution < 1.29 is 0 Å². The second-order valence-corrected chi connectivity index (χ2v) is 2.87. The molecule has 1 rings (SSSR count). The molecule has 1 heterocycles. The average Bonchev–Trinajstić information content (AvgIpc) is 2.15. The molecule has 0 aromatic rings. The summed E-state index contributed by atoms with van der Waals surface area (Å²) in [6.07, 6.45) is 12.4. The lowest BCUT2D eigenvalue weighted by Gasteiger charge is -2.06. The highest BCUT2D eigenvalue weighted by Gasteiger charge is 2.01. The molecule has 0 saturated carbocycles. The highest BCUT2D eigenvalue weighted by Crippen LogP contribution is 2.09. The van der Waals surface area contributed by atoms with E-state index in [4.69, 9.17) is 0 Å². The quantitative estimate of drug-likeness (QED) is 0.551. The number of hydrogen-bond donors (Lipinski definition) is 0. The Labute approximate surface area is 74.2 Å². The molecule has 0 N–H and O–H groups in total. The normalized spacial score (nSPS) is 18.5. The van der Waals surface area contributed by atoms with Gasteiger partial charge in [-0.1, -0.05) is 24.3 Å². The van der Waals surface area contributed by atoms with Crippen LogP contribution in [0.4, 0.5) is 0 Å². The Bertz CT molecular complexity index is 254. The zero-order valence-corrected chi connectivity index (χ0v) is 7.75. The Morgan fingerprint density at radius 3 is 3.00 bits per heavy atom. The molecule has 1 heteroatoms. The lowest BCUT2D eigenvalue weighted by Crippen LogP contribution is -2.01. The van der Waals surface area contributed by atoms with Crippen molar-refractivity contribution in [2.24, 2.45) is 4.99 Å². The second-order valence-electron chi connectivity index (χ2n) is 2.87. The van der Waals surface area contributed by atoms with Crippen LogP contribution in [0.15, 0.2) is 41.1 Å². The van der Waals surface area contributed by atoms with E-state index in [2.05, 4.69) is 30.1 Å². The lowest BCUT2D eigenvalue weighted by atomic mass is 10.1. The summed E-state index contributed by atoms with van der Waals surface area (Å²) in [6, 6.07) is 0. The molecular formula is C11H15N. The maximum atomic E-state index is 4.32.